The van der Waals surface area contributed by atoms with E-state index in [1.807, 2.05) is 0 Å². The maximum absolute atomic E-state index is 13.9. The molecule has 2 nitrogen and oxygen atoms in total. The van der Waals surface area contributed by atoms with Crippen molar-refractivity contribution in [3.8, 4) is 0 Å². The van der Waals surface area contributed by atoms with Gasteiger partial charge in [0.2, 0.25) is 0 Å². The number of hydrogen-bond donors (Lipinski definition) is 0. The van der Waals surface area contributed by atoms with Gasteiger partial charge in [-0.1, -0.05) is 24.3 Å². The van der Waals surface area contributed by atoms with Crippen LogP contribution in [0.2, 0.25) is 0 Å². The number of alkyl halides is 17. The summed E-state index contributed by atoms with van der Waals surface area (Å²) in [6.45, 7) is 0. The van der Waals surface area contributed by atoms with Crippen LogP contribution < -0.4 is 0 Å². The molecule has 0 aliphatic heterocycles. The minimum absolute atomic E-state index is 0.0494. The molecule has 1 atom stereocenters. The molecule has 0 spiro atoms. The number of carbonyl (C=O) groups excluding carboxylic acids is 1. The summed E-state index contributed by atoms with van der Waals surface area (Å²) in [4.78, 5) is 11.8. The molecule has 2 rings (SSSR count). The molecule has 0 N–H and O–H groups in total. The monoisotopic (exact) mass is 608 g/mol. The van der Waals surface area contributed by atoms with Crippen LogP contribution in [0.5, 0.6) is 0 Å². The van der Waals surface area contributed by atoms with E-state index in [2.05, 4.69) is 0 Å². The highest BCUT2D eigenvalue weighted by Crippen LogP contribution is 2.64. The van der Waals surface area contributed by atoms with Gasteiger partial charge in [-0.3, -0.25) is 4.79 Å². The second-order valence-corrected chi connectivity index (χ2v) is 8.36. The highest BCUT2D eigenvalue weighted by atomic mass is 19.4. The SMILES string of the molecule is O=C(CCC(F)(F)C(F)(F)C(F)(F)C(F)(F)C(F)(F)C(F)(F)C(F)(F)C(F)(F)F)O[C@H]1CCc2ccccc21. The van der Waals surface area contributed by atoms with Crippen molar-refractivity contribution in [1.82, 2.24) is 0 Å². The Hall–Kier alpha value is -2.50. The van der Waals surface area contributed by atoms with Gasteiger partial charge in [0.25, 0.3) is 0 Å². The van der Waals surface area contributed by atoms with E-state index in [0.717, 1.165) is 0 Å². The average Bonchev–Trinajstić information content (AvgIpc) is 3.19. The van der Waals surface area contributed by atoms with E-state index in [9.17, 15) is 79.4 Å². The maximum atomic E-state index is 13.9. The third kappa shape index (κ3) is 4.86. The summed E-state index contributed by atoms with van der Waals surface area (Å²) in [5.74, 6) is -58.7. The Kier molecular flexibility index (Phi) is 8.01. The molecule has 39 heavy (non-hydrogen) atoms. The number of fused-ring (bicyclic) bond motifs is 1. The van der Waals surface area contributed by atoms with Crippen LogP contribution >= 0.6 is 0 Å². The zero-order chi connectivity index (χ0) is 30.7. The summed E-state index contributed by atoms with van der Waals surface area (Å²) < 4.78 is 230. The maximum Gasteiger partial charge on any atom is 0.460 e. The predicted molar refractivity (Wildman–Crippen MR) is 93.5 cm³/mol. The van der Waals surface area contributed by atoms with Gasteiger partial charge in [0.1, 0.15) is 6.10 Å². The number of ether oxygens (including phenoxy) is 1. The normalized spacial score (nSPS) is 18.2. The zero-order valence-electron chi connectivity index (χ0n) is 18.5. The Morgan fingerprint density at radius 1 is 0.667 bits per heavy atom. The largest absolute Gasteiger partial charge is 0.460 e. The van der Waals surface area contributed by atoms with E-state index in [4.69, 9.17) is 4.74 Å². The molecule has 1 aliphatic rings. The van der Waals surface area contributed by atoms with Gasteiger partial charge in [0.15, 0.2) is 0 Å². The lowest BCUT2D eigenvalue weighted by molar-refractivity contribution is -0.461. The molecule has 19 heteroatoms. The van der Waals surface area contributed by atoms with Gasteiger partial charge < -0.3 is 4.74 Å². The fourth-order valence-electron chi connectivity index (χ4n) is 3.47. The molecular formula is C20H13F17O2. The van der Waals surface area contributed by atoms with Crippen LogP contribution in [0.25, 0.3) is 0 Å². The van der Waals surface area contributed by atoms with Gasteiger partial charge in [0, 0.05) is 6.42 Å². The van der Waals surface area contributed by atoms with Gasteiger partial charge in [-0.25, -0.2) is 0 Å². The standard InChI is InChI=1S/C20H13F17O2/c21-13(22,8-7-12(38)39-11-6-5-9-3-1-2-4-10(9)11)14(23,24)15(25,26)16(27,28)17(29,30)18(31,32)19(33,34)20(35,36)37/h1-4,11H,5-8H2/t11-/m0/s1. The number of aryl methyl sites for hydroxylation is 1. The molecule has 1 aromatic rings. The van der Waals surface area contributed by atoms with Crippen LogP contribution in [0, 0.1) is 0 Å². The van der Waals surface area contributed by atoms with Crippen molar-refractivity contribution in [1.29, 1.82) is 0 Å². The molecule has 0 aromatic heterocycles. The molecule has 0 fully saturated rings. The summed E-state index contributed by atoms with van der Waals surface area (Å²) in [6, 6.07) is 5.98. The van der Waals surface area contributed by atoms with Gasteiger partial charge in [0.05, 0.1) is 6.42 Å². The Labute approximate surface area is 206 Å². The first-order valence-corrected chi connectivity index (χ1v) is 10.2. The first kappa shape index (κ1) is 32.7. The first-order chi connectivity index (χ1) is 17.2. The molecule has 0 heterocycles. The molecule has 0 bridgehead atoms. The number of rotatable bonds is 10. The Bertz CT molecular complexity index is 1060. The van der Waals surface area contributed by atoms with Gasteiger partial charge in [-0.05, 0) is 24.0 Å². The predicted octanol–water partition coefficient (Wildman–Crippen LogP) is 8.01. The van der Waals surface area contributed by atoms with E-state index < -0.39 is 72.5 Å². The van der Waals surface area contributed by atoms with Crippen molar-refractivity contribution in [2.24, 2.45) is 0 Å². The van der Waals surface area contributed by atoms with E-state index in [-0.39, 0.29) is 12.8 Å². The topological polar surface area (TPSA) is 26.3 Å². The van der Waals surface area contributed by atoms with Crippen LogP contribution in [0.4, 0.5) is 74.6 Å². The summed E-state index contributed by atoms with van der Waals surface area (Å²) in [7, 11) is 0. The van der Waals surface area contributed by atoms with Crippen LogP contribution in [-0.4, -0.2) is 53.6 Å². The summed E-state index contributed by atoms with van der Waals surface area (Å²) in [5.41, 5.74) is 0.954. The van der Waals surface area contributed by atoms with Crippen LogP contribution in [-0.2, 0) is 16.0 Å². The highest BCUT2D eigenvalue weighted by Gasteiger charge is 2.95. The van der Waals surface area contributed by atoms with E-state index in [1.54, 1.807) is 12.1 Å². The lowest BCUT2D eigenvalue weighted by atomic mass is 9.88. The van der Waals surface area contributed by atoms with E-state index >= 15 is 0 Å². The number of carbonyl (C=O) groups is 1. The Balaban J connectivity index is 2.29. The third-order valence-electron chi connectivity index (χ3n) is 5.78. The zero-order valence-corrected chi connectivity index (χ0v) is 18.5. The van der Waals surface area contributed by atoms with Crippen LogP contribution in [0.15, 0.2) is 24.3 Å². The fraction of sp³-hybridized carbons (Fsp3) is 0.650. The molecule has 1 aliphatic carbocycles. The third-order valence-corrected chi connectivity index (χ3v) is 5.78. The summed E-state index contributed by atoms with van der Waals surface area (Å²) in [6.07, 6.45) is -13.4. The quantitative estimate of drug-likeness (QED) is 0.199. The highest BCUT2D eigenvalue weighted by molar-refractivity contribution is 5.70. The van der Waals surface area contributed by atoms with Crippen molar-refractivity contribution < 1.29 is 84.2 Å². The molecule has 0 unspecified atom stereocenters. The second kappa shape index (κ2) is 9.55. The minimum Gasteiger partial charge on any atom is -0.457 e. The van der Waals surface area contributed by atoms with Crippen LogP contribution in [0.3, 0.4) is 0 Å². The smallest absolute Gasteiger partial charge is 0.457 e. The molecule has 0 radical (unpaired) electrons. The molecule has 0 saturated carbocycles. The Morgan fingerprint density at radius 3 is 1.59 bits per heavy atom. The number of halogens is 17. The summed E-state index contributed by atoms with van der Waals surface area (Å²) in [5, 5.41) is 0. The van der Waals surface area contributed by atoms with Crippen molar-refractivity contribution in [2.75, 3.05) is 0 Å². The fourth-order valence-corrected chi connectivity index (χ4v) is 3.47. The molecular weight excluding hydrogens is 595 g/mol. The number of hydrogen-bond acceptors (Lipinski definition) is 2. The molecule has 224 valence electrons. The van der Waals surface area contributed by atoms with Gasteiger partial charge in [-0.15, -0.1) is 0 Å². The first-order valence-electron chi connectivity index (χ1n) is 10.2. The molecule has 1 aromatic carbocycles. The van der Waals surface area contributed by atoms with Crippen molar-refractivity contribution in [2.45, 2.75) is 79.4 Å². The van der Waals surface area contributed by atoms with Crippen molar-refractivity contribution >= 4 is 5.97 Å². The van der Waals surface area contributed by atoms with Crippen molar-refractivity contribution in [3.63, 3.8) is 0 Å². The molecule has 0 amide bonds. The number of esters is 1. The van der Waals surface area contributed by atoms with Crippen molar-refractivity contribution in [3.05, 3.63) is 35.4 Å². The lowest BCUT2D eigenvalue weighted by Crippen LogP contribution is -2.74. The van der Waals surface area contributed by atoms with Crippen LogP contribution in [0.1, 0.15) is 36.5 Å². The Morgan fingerprint density at radius 2 is 1.10 bits per heavy atom. The van der Waals surface area contributed by atoms with Gasteiger partial charge >= 0.3 is 53.6 Å². The van der Waals surface area contributed by atoms with E-state index in [1.165, 1.54) is 12.1 Å². The lowest BCUT2D eigenvalue weighted by Gasteiger charge is -2.42. The average molecular weight is 608 g/mol. The second-order valence-electron chi connectivity index (χ2n) is 8.36. The molecule has 0 saturated heterocycles. The van der Waals surface area contributed by atoms with E-state index in [0.29, 0.717) is 11.1 Å². The summed E-state index contributed by atoms with van der Waals surface area (Å²) >= 11 is 0. The minimum atomic E-state index is -8.68. The van der Waals surface area contributed by atoms with Gasteiger partial charge in [-0.2, -0.15) is 74.6 Å². The number of benzene rings is 1.